The first-order valence-corrected chi connectivity index (χ1v) is 11.1. The Bertz CT molecular complexity index is 999. The van der Waals surface area contributed by atoms with Crippen molar-refractivity contribution in [2.75, 3.05) is 18.9 Å². The quantitative estimate of drug-likeness (QED) is 0.220. The van der Waals surface area contributed by atoms with Crippen LogP contribution in [0.25, 0.3) is 0 Å². The molecule has 0 aliphatic heterocycles. The number of nitrogens with two attached hydrogens (primary N) is 1. The highest BCUT2D eigenvalue weighted by Crippen LogP contribution is 2.10. The number of hydrogen-bond acceptors (Lipinski definition) is 9. The average Bonchev–Trinajstić information content (AvgIpc) is 3.40. The van der Waals surface area contributed by atoms with E-state index < -0.39 is 0 Å². The van der Waals surface area contributed by atoms with E-state index in [1.54, 1.807) is 9.09 Å². The lowest BCUT2D eigenvalue weighted by molar-refractivity contribution is 0.178. The van der Waals surface area contributed by atoms with E-state index in [0.717, 1.165) is 49.0 Å². The summed E-state index contributed by atoms with van der Waals surface area (Å²) in [5.74, 6) is 5.68. The maximum Gasteiger partial charge on any atom is 0.0989 e. The molecule has 0 aliphatic rings. The summed E-state index contributed by atoms with van der Waals surface area (Å²) in [7, 11) is 0. The van der Waals surface area contributed by atoms with Gasteiger partial charge in [0.05, 0.1) is 58.0 Å². The Morgan fingerprint density at radius 3 is 1.69 bits per heavy atom. The van der Waals surface area contributed by atoms with E-state index in [2.05, 4.69) is 63.3 Å². The number of halogens is 1. The van der Waals surface area contributed by atoms with Crippen LogP contribution in [-0.4, -0.2) is 61.2 Å². The fourth-order valence-electron chi connectivity index (χ4n) is 3.34. The van der Waals surface area contributed by atoms with Gasteiger partial charge in [0.1, 0.15) is 0 Å². The van der Waals surface area contributed by atoms with Crippen molar-refractivity contribution in [2.24, 2.45) is 0 Å². The van der Waals surface area contributed by atoms with Crippen molar-refractivity contribution >= 4 is 22.9 Å². The number of nitrogen functional groups attached to an aromatic ring is 1. The first-order valence-electron chi connectivity index (χ1n) is 10.1. The lowest BCUT2D eigenvalue weighted by Gasteiger charge is -2.26. The molecule has 4 aromatic heterocycles. The van der Waals surface area contributed by atoms with Crippen molar-refractivity contribution in [1.82, 2.24) is 48.1 Å². The smallest absolute Gasteiger partial charge is 0.0989 e. The highest BCUT2D eigenvalue weighted by molar-refractivity contribution is 14.1. The third kappa shape index (κ3) is 6.77. The molecule has 0 spiro atoms. The molecule has 0 aromatic carbocycles. The molecule has 11 nitrogen and oxygen atoms in total. The van der Waals surface area contributed by atoms with E-state index >= 15 is 0 Å². The first-order chi connectivity index (χ1) is 15.6. The minimum atomic E-state index is 0.603. The van der Waals surface area contributed by atoms with Crippen LogP contribution in [0.3, 0.4) is 0 Å². The monoisotopic (exact) mass is 545 g/mol. The molecule has 4 heterocycles. The van der Waals surface area contributed by atoms with Gasteiger partial charge in [-0.3, -0.25) is 19.8 Å². The van der Waals surface area contributed by atoms with E-state index in [-0.39, 0.29) is 0 Å². The van der Waals surface area contributed by atoms with Crippen LogP contribution in [-0.2, 0) is 26.2 Å². The normalized spacial score (nSPS) is 11.5. The van der Waals surface area contributed by atoms with Gasteiger partial charge in [0.2, 0.25) is 0 Å². The second-order valence-electron chi connectivity index (χ2n) is 7.35. The van der Waals surface area contributed by atoms with Crippen molar-refractivity contribution < 1.29 is 0 Å². The largest absolute Gasteiger partial charge is 0.322 e. The van der Waals surface area contributed by atoms with E-state index in [1.807, 2.05) is 55.0 Å². The highest BCUT2D eigenvalue weighted by Gasteiger charge is 2.15. The molecule has 0 atom stereocenters. The van der Waals surface area contributed by atoms with Crippen LogP contribution in [0.2, 0.25) is 0 Å². The van der Waals surface area contributed by atoms with Crippen LogP contribution in [0.4, 0.5) is 0 Å². The molecule has 0 unspecified atom stereocenters. The maximum absolute atomic E-state index is 5.68. The zero-order chi connectivity index (χ0) is 22.2. The topological polar surface area (TPSA) is 120 Å². The molecule has 0 radical (unpaired) electrons. The number of hydrogen-bond donors (Lipinski definition) is 1. The summed E-state index contributed by atoms with van der Waals surface area (Å²) in [4.78, 5) is 14.8. The fraction of sp³-hybridized carbons (Fsp3) is 0.300. The molecule has 0 saturated carbocycles. The summed E-state index contributed by atoms with van der Waals surface area (Å²) >= 11 is 2.09. The third-order valence-corrected chi connectivity index (χ3v) is 5.27. The van der Waals surface area contributed by atoms with Gasteiger partial charge in [-0.1, -0.05) is 17.3 Å². The summed E-state index contributed by atoms with van der Waals surface area (Å²) in [6, 6.07) is 12.0. The average molecular weight is 545 g/mol. The zero-order valence-electron chi connectivity index (χ0n) is 17.4. The molecular formula is C20H24IN11. The molecule has 12 heteroatoms. The maximum atomic E-state index is 5.68. The summed E-state index contributed by atoms with van der Waals surface area (Å²) < 4.78 is 1.68. The molecule has 0 aliphatic carbocycles. The SMILES string of the molecule is Nn1cc(CN(CCN(Cc2ccccn2)Cc2ccccn2)Cc2cn(I)nn2)nn1. The number of aromatic nitrogens is 8. The Kier molecular flexibility index (Phi) is 7.68. The van der Waals surface area contributed by atoms with Crippen molar-refractivity contribution in [3.63, 3.8) is 0 Å². The number of rotatable bonds is 11. The predicted molar refractivity (Wildman–Crippen MR) is 126 cm³/mol. The molecule has 166 valence electrons. The Balaban J connectivity index is 1.46. The molecule has 0 bridgehead atoms. The second-order valence-corrected chi connectivity index (χ2v) is 8.34. The zero-order valence-corrected chi connectivity index (χ0v) is 19.6. The molecule has 0 amide bonds. The molecular weight excluding hydrogens is 521 g/mol. The molecule has 2 N–H and O–H groups in total. The lowest BCUT2D eigenvalue weighted by atomic mass is 10.2. The van der Waals surface area contributed by atoms with Gasteiger partial charge in [-0.15, -0.1) is 10.2 Å². The summed E-state index contributed by atoms with van der Waals surface area (Å²) in [5.41, 5.74) is 3.73. The summed E-state index contributed by atoms with van der Waals surface area (Å²) in [6.07, 6.45) is 7.28. The second kappa shape index (κ2) is 11.1. The Morgan fingerprint density at radius 2 is 1.25 bits per heavy atom. The van der Waals surface area contributed by atoms with Crippen molar-refractivity contribution in [3.05, 3.63) is 84.0 Å². The van der Waals surface area contributed by atoms with Crippen LogP contribution >= 0.6 is 22.9 Å². The summed E-state index contributed by atoms with van der Waals surface area (Å²) in [5, 5.41) is 16.2. The van der Waals surface area contributed by atoms with E-state index in [9.17, 15) is 0 Å². The molecule has 4 aromatic rings. The van der Waals surface area contributed by atoms with E-state index in [0.29, 0.717) is 13.1 Å². The van der Waals surface area contributed by atoms with Crippen LogP contribution in [0.15, 0.2) is 61.2 Å². The van der Waals surface area contributed by atoms with Crippen LogP contribution in [0.1, 0.15) is 22.8 Å². The van der Waals surface area contributed by atoms with Gasteiger partial charge in [-0.2, -0.15) is 7.69 Å². The third-order valence-electron chi connectivity index (χ3n) is 4.80. The summed E-state index contributed by atoms with van der Waals surface area (Å²) in [6.45, 7) is 4.30. The molecule has 32 heavy (non-hydrogen) atoms. The van der Waals surface area contributed by atoms with Crippen molar-refractivity contribution in [3.8, 4) is 0 Å². The van der Waals surface area contributed by atoms with Crippen LogP contribution in [0.5, 0.6) is 0 Å². The first kappa shape index (κ1) is 22.2. The molecule has 0 fully saturated rings. The lowest BCUT2D eigenvalue weighted by Crippen LogP contribution is -2.34. The van der Waals surface area contributed by atoms with Crippen LogP contribution < -0.4 is 5.84 Å². The minimum absolute atomic E-state index is 0.603. The predicted octanol–water partition coefficient (Wildman–Crippen LogP) is 1.28. The minimum Gasteiger partial charge on any atom is -0.322 e. The number of nitrogens with zero attached hydrogens (tertiary/aromatic N) is 10. The Hall–Kier alpha value is -2.97. The van der Waals surface area contributed by atoms with Crippen molar-refractivity contribution in [2.45, 2.75) is 26.2 Å². The fourth-order valence-corrected chi connectivity index (χ4v) is 3.76. The van der Waals surface area contributed by atoms with E-state index in [4.69, 9.17) is 5.84 Å². The van der Waals surface area contributed by atoms with Crippen LogP contribution in [0, 0.1) is 0 Å². The highest BCUT2D eigenvalue weighted by atomic mass is 127. The van der Waals surface area contributed by atoms with Gasteiger partial charge < -0.3 is 5.84 Å². The van der Waals surface area contributed by atoms with Gasteiger partial charge in [-0.05, 0) is 29.5 Å². The Morgan fingerprint density at radius 1 is 0.719 bits per heavy atom. The molecule has 4 rings (SSSR count). The number of pyridine rings is 2. The van der Waals surface area contributed by atoms with E-state index in [1.165, 1.54) is 4.79 Å². The van der Waals surface area contributed by atoms with Gasteiger partial charge in [-0.25, -0.2) is 0 Å². The van der Waals surface area contributed by atoms with Gasteiger partial charge in [0.15, 0.2) is 0 Å². The van der Waals surface area contributed by atoms with Gasteiger partial charge in [0, 0.05) is 51.7 Å². The molecule has 0 saturated heterocycles. The van der Waals surface area contributed by atoms with Gasteiger partial charge >= 0.3 is 0 Å². The van der Waals surface area contributed by atoms with Gasteiger partial charge in [0.25, 0.3) is 0 Å². The van der Waals surface area contributed by atoms with Crippen molar-refractivity contribution in [1.29, 1.82) is 0 Å². The Labute approximate surface area is 199 Å². The standard InChI is InChI=1S/C20H24IN11/c21-31-15-19(25-27-31)13-30(14-20-16-32(22)28-26-20)10-9-29(11-17-5-1-3-7-23-17)12-18-6-2-4-8-24-18/h1-8,15-16H,9-14,22H2.